The molecule has 0 spiro atoms. The van der Waals surface area contributed by atoms with Crippen molar-refractivity contribution in [3.63, 3.8) is 0 Å². The molecule has 0 fully saturated rings. The maximum atomic E-state index is 10.9. The first kappa shape index (κ1) is 12.9. The molecule has 1 aromatic rings. The molecule has 0 aliphatic rings. The summed E-state index contributed by atoms with van der Waals surface area (Å²) < 4.78 is 30.6. The third-order valence-corrected chi connectivity index (χ3v) is 2.78. The van der Waals surface area contributed by atoms with Crippen LogP contribution in [0.4, 0.5) is 5.69 Å². The fourth-order valence-corrected chi connectivity index (χ4v) is 1.85. The van der Waals surface area contributed by atoms with E-state index in [0.29, 0.717) is 12.1 Å². The molecule has 0 heterocycles. The quantitative estimate of drug-likeness (QED) is 0.434. The van der Waals surface area contributed by atoms with E-state index in [0.717, 1.165) is 0 Å². The van der Waals surface area contributed by atoms with Crippen LogP contribution in [0, 0.1) is 0 Å². The smallest absolute Gasteiger partial charge is 0.337 e. The summed E-state index contributed by atoms with van der Waals surface area (Å²) in [5, 5.41) is 17.4. The van der Waals surface area contributed by atoms with Gasteiger partial charge in [0.2, 0.25) is 0 Å². The summed E-state index contributed by atoms with van der Waals surface area (Å²) in [6.45, 7) is 0. The number of nitrogen functional groups attached to an aromatic ring is 1. The molecular formula is C8H7NO7S. The molecular weight excluding hydrogens is 254 g/mol. The molecule has 0 aliphatic heterocycles. The predicted molar refractivity (Wildman–Crippen MR) is 54.6 cm³/mol. The number of carbonyl (C=O) groups is 2. The molecule has 0 saturated heterocycles. The van der Waals surface area contributed by atoms with Crippen LogP contribution in [0.2, 0.25) is 0 Å². The van der Waals surface area contributed by atoms with Crippen LogP contribution in [0.5, 0.6) is 0 Å². The zero-order valence-corrected chi connectivity index (χ0v) is 8.93. The topological polar surface area (TPSA) is 155 Å². The second-order valence-corrected chi connectivity index (χ2v) is 4.41. The molecule has 0 bridgehead atoms. The lowest BCUT2D eigenvalue weighted by Gasteiger charge is -2.07. The van der Waals surface area contributed by atoms with Crippen molar-refractivity contribution in [2.45, 2.75) is 4.90 Å². The number of hydrogen-bond acceptors (Lipinski definition) is 5. The number of carboxylic acids is 2. The van der Waals surface area contributed by atoms with Gasteiger partial charge in [-0.25, -0.2) is 9.59 Å². The van der Waals surface area contributed by atoms with E-state index in [9.17, 15) is 18.0 Å². The predicted octanol–water partition coefficient (Wildman–Crippen LogP) is -0.0881. The van der Waals surface area contributed by atoms with Crippen molar-refractivity contribution in [1.82, 2.24) is 0 Å². The van der Waals surface area contributed by atoms with E-state index < -0.39 is 43.8 Å². The molecule has 9 heteroatoms. The molecule has 0 aliphatic carbocycles. The maximum absolute atomic E-state index is 10.9. The van der Waals surface area contributed by atoms with Gasteiger partial charge in [0.1, 0.15) is 4.90 Å². The summed E-state index contributed by atoms with van der Waals surface area (Å²) in [4.78, 5) is 20.4. The number of anilines is 1. The minimum Gasteiger partial charge on any atom is -0.478 e. The Morgan fingerprint density at radius 3 is 1.88 bits per heavy atom. The third-order valence-electron chi connectivity index (χ3n) is 1.89. The Morgan fingerprint density at radius 1 is 1.06 bits per heavy atom. The van der Waals surface area contributed by atoms with E-state index in [4.69, 9.17) is 20.5 Å². The third kappa shape index (κ3) is 2.52. The van der Waals surface area contributed by atoms with Crippen molar-refractivity contribution in [2.24, 2.45) is 0 Å². The Bertz CT molecular complexity index is 605. The normalized spacial score (nSPS) is 11.1. The Labute approximate surface area is 95.0 Å². The average molecular weight is 261 g/mol. The highest BCUT2D eigenvalue weighted by atomic mass is 32.2. The molecule has 1 rings (SSSR count). The van der Waals surface area contributed by atoms with Gasteiger partial charge in [-0.1, -0.05) is 0 Å². The zero-order chi connectivity index (χ0) is 13.4. The number of hydrogen-bond donors (Lipinski definition) is 4. The molecule has 0 unspecified atom stereocenters. The molecule has 92 valence electrons. The van der Waals surface area contributed by atoms with E-state index in [-0.39, 0.29) is 0 Å². The fraction of sp³-hybridized carbons (Fsp3) is 0. The van der Waals surface area contributed by atoms with Crippen molar-refractivity contribution in [2.75, 3.05) is 5.73 Å². The van der Waals surface area contributed by atoms with E-state index in [1.807, 2.05) is 0 Å². The molecule has 0 atom stereocenters. The van der Waals surface area contributed by atoms with Crippen LogP contribution in [0.15, 0.2) is 17.0 Å². The highest BCUT2D eigenvalue weighted by Gasteiger charge is 2.24. The minimum atomic E-state index is -4.85. The van der Waals surface area contributed by atoms with Gasteiger partial charge in [-0.2, -0.15) is 8.42 Å². The van der Waals surface area contributed by atoms with E-state index in [1.165, 1.54) is 0 Å². The van der Waals surface area contributed by atoms with Gasteiger partial charge in [0, 0.05) is 5.69 Å². The molecule has 0 saturated carbocycles. The van der Waals surface area contributed by atoms with Crippen LogP contribution in [0.25, 0.3) is 0 Å². The van der Waals surface area contributed by atoms with Crippen molar-refractivity contribution in [3.05, 3.63) is 23.3 Å². The molecule has 1 aromatic carbocycles. The molecule has 0 radical (unpaired) electrons. The monoisotopic (exact) mass is 261 g/mol. The maximum Gasteiger partial charge on any atom is 0.337 e. The lowest BCUT2D eigenvalue weighted by atomic mass is 10.1. The summed E-state index contributed by atoms with van der Waals surface area (Å²) in [6.07, 6.45) is 0. The van der Waals surface area contributed by atoms with Crippen molar-refractivity contribution in [3.8, 4) is 0 Å². The standard InChI is InChI=1S/C8H7NO7S/c9-5-1-4(8(12)13)6(17(14,15)16)2-3(5)7(10)11/h1-2H,9H2,(H,10,11)(H,12,13)(H,14,15,16). The van der Waals surface area contributed by atoms with Crippen LogP contribution < -0.4 is 5.73 Å². The summed E-state index contributed by atoms with van der Waals surface area (Å²) in [6, 6.07) is 1.16. The Kier molecular flexibility index (Phi) is 3.07. The summed E-state index contributed by atoms with van der Waals surface area (Å²) >= 11 is 0. The SMILES string of the molecule is Nc1cc(C(=O)O)c(S(=O)(=O)O)cc1C(=O)O. The zero-order valence-electron chi connectivity index (χ0n) is 8.11. The van der Waals surface area contributed by atoms with E-state index in [2.05, 4.69) is 0 Å². The van der Waals surface area contributed by atoms with Crippen molar-refractivity contribution in [1.29, 1.82) is 0 Å². The summed E-state index contributed by atoms with van der Waals surface area (Å²) in [5.41, 5.74) is 3.43. The van der Waals surface area contributed by atoms with Crippen molar-refractivity contribution >= 4 is 27.7 Å². The van der Waals surface area contributed by atoms with Gasteiger partial charge in [-0.3, -0.25) is 4.55 Å². The van der Waals surface area contributed by atoms with Gasteiger partial charge in [-0.15, -0.1) is 0 Å². The van der Waals surface area contributed by atoms with Crippen LogP contribution >= 0.6 is 0 Å². The minimum absolute atomic E-state index is 0.415. The van der Waals surface area contributed by atoms with E-state index >= 15 is 0 Å². The second-order valence-electron chi connectivity index (χ2n) is 3.02. The van der Waals surface area contributed by atoms with Gasteiger partial charge in [0.05, 0.1) is 11.1 Å². The number of carboxylic acid groups (broad SMARTS) is 2. The largest absolute Gasteiger partial charge is 0.478 e. The summed E-state index contributed by atoms with van der Waals surface area (Å²) in [5.74, 6) is -3.19. The van der Waals surface area contributed by atoms with Gasteiger partial charge in [0.15, 0.2) is 0 Å². The first-order chi connectivity index (χ1) is 7.64. The van der Waals surface area contributed by atoms with Crippen LogP contribution in [0.3, 0.4) is 0 Å². The van der Waals surface area contributed by atoms with Gasteiger partial charge >= 0.3 is 11.9 Å². The number of rotatable bonds is 3. The van der Waals surface area contributed by atoms with Gasteiger partial charge in [0.25, 0.3) is 10.1 Å². The molecule has 8 nitrogen and oxygen atoms in total. The highest BCUT2D eigenvalue weighted by molar-refractivity contribution is 7.86. The van der Waals surface area contributed by atoms with Crippen LogP contribution in [-0.4, -0.2) is 35.1 Å². The van der Waals surface area contributed by atoms with Crippen molar-refractivity contribution < 1.29 is 32.8 Å². The summed E-state index contributed by atoms with van der Waals surface area (Å²) in [7, 11) is -4.85. The van der Waals surface area contributed by atoms with Crippen LogP contribution in [0.1, 0.15) is 20.7 Å². The molecule has 0 amide bonds. The Morgan fingerprint density at radius 2 is 1.53 bits per heavy atom. The van der Waals surface area contributed by atoms with E-state index in [1.54, 1.807) is 0 Å². The fourth-order valence-electron chi connectivity index (χ4n) is 1.16. The molecule has 5 N–H and O–H groups in total. The lowest BCUT2D eigenvalue weighted by molar-refractivity contribution is 0.0678. The first-order valence-corrected chi connectivity index (χ1v) is 5.46. The van der Waals surface area contributed by atoms with Gasteiger partial charge in [-0.05, 0) is 12.1 Å². The average Bonchev–Trinajstić information content (AvgIpc) is 2.14. The number of aromatic carboxylic acids is 2. The number of nitrogens with two attached hydrogens (primary N) is 1. The van der Waals surface area contributed by atoms with Crippen LogP contribution in [-0.2, 0) is 10.1 Å². The number of benzene rings is 1. The Hall–Kier alpha value is -2.13. The molecule has 0 aromatic heterocycles. The first-order valence-electron chi connectivity index (χ1n) is 4.02. The lowest BCUT2D eigenvalue weighted by Crippen LogP contribution is -2.12. The molecule has 17 heavy (non-hydrogen) atoms. The second kappa shape index (κ2) is 4.03. The van der Waals surface area contributed by atoms with Gasteiger partial charge < -0.3 is 15.9 Å². The Balaban J connectivity index is 3.72. The highest BCUT2D eigenvalue weighted by Crippen LogP contribution is 2.23.